The van der Waals surface area contributed by atoms with Crippen molar-refractivity contribution in [3.05, 3.63) is 35.4 Å². The number of carbonyl (C=O) groups excluding carboxylic acids is 2. The van der Waals surface area contributed by atoms with Gasteiger partial charge in [-0.1, -0.05) is 24.3 Å². The molecule has 1 aromatic carbocycles. The molecule has 3 rings (SSSR count). The molecule has 0 spiro atoms. The van der Waals surface area contributed by atoms with E-state index in [9.17, 15) is 18.0 Å². The maximum Gasteiger partial charge on any atom is 0.418 e. The number of esters is 1. The van der Waals surface area contributed by atoms with Crippen LogP contribution in [-0.2, 0) is 24.2 Å². The number of fused-ring (bicyclic) bond motifs is 4. The lowest BCUT2D eigenvalue weighted by Gasteiger charge is -2.30. The second kappa shape index (κ2) is 4.93. The Hall–Kier alpha value is -2.17. The maximum atomic E-state index is 12.3. The van der Waals surface area contributed by atoms with Crippen LogP contribution < -0.4 is 0 Å². The van der Waals surface area contributed by atoms with E-state index in [1.807, 2.05) is 0 Å². The smallest absolute Gasteiger partial charge is 0.418 e. The van der Waals surface area contributed by atoms with Crippen molar-refractivity contribution >= 4 is 22.4 Å². The average Bonchev–Trinajstić information content (AvgIpc) is 2.73. The molecule has 1 aromatic rings. The van der Waals surface area contributed by atoms with Crippen LogP contribution in [0.15, 0.2) is 24.3 Å². The van der Waals surface area contributed by atoms with E-state index < -0.39 is 34.5 Å². The highest BCUT2D eigenvalue weighted by Gasteiger charge is 2.52. The first-order valence-corrected chi connectivity index (χ1v) is 7.63. The number of hydrogen-bond acceptors (Lipinski definition) is 6. The summed E-state index contributed by atoms with van der Waals surface area (Å²) in [5.74, 6) is -0.645. The molecule has 2 amide bonds. The number of benzene rings is 1. The Morgan fingerprint density at radius 1 is 1.32 bits per heavy atom. The van der Waals surface area contributed by atoms with Crippen LogP contribution in [0.1, 0.15) is 23.2 Å². The van der Waals surface area contributed by atoms with Gasteiger partial charge in [0.1, 0.15) is 6.04 Å². The maximum absolute atomic E-state index is 12.3. The molecular formula is C12H12N2O7S. The zero-order valence-corrected chi connectivity index (χ0v) is 12.2. The van der Waals surface area contributed by atoms with Crippen molar-refractivity contribution in [2.45, 2.75) is 12.1 Å². The minimum atomic E-state index is -4.86. The Morgan fingerprint density at radius 2 is 1.95 bits per heavy atom. The van der Waals surface area contributed by atoms with Gasteiger partial charge in [-0.25, -0.2) is 9.59 Å². The van der Waals surface area contributed by atoms with Crippen molar-refractivity contribution in [3.8, 4) is 0 Å². The van der Waals surface area contributed by atoms with Gasteiger partial charge in [0, 0.05) is 0 Å². The summed E-state index contributed by atoms with van der Waals surface area (Å²) in [7, 11) is -3.66. The molecule has 10 heteroatoms. The topological polar surface area (TPSA) is 113 Å². The summed E-state index contributed by atoms with van der Waals surface area (Å²) in [5, 5.41) is 0.553. The van der Waals surface area contributed by atoms with Gasteiger partial charge in [-0.15, -0.1) is 4.28 Å². The fourth-order valence-corrected chi connectivity index (χ4v) is 3.19. The van der Waals surface area contributed by atoms with Gasteiger partial charge >= 0.3 is 22.4 Å². The van der Waals surface area contributed by atoms with E-state index in [1.165, 1.54) is 7.11 Å². The van der Waals surface area contributed by atoms with E-state index in [-0.39, 0.29) is 6.54 Å². The van der Waals surface area contributed by atoms with E-state index in [2.05, 4.69) is 4.28 Å². The predicted octanol–water partition coefficient (Wildman–Crippen LogP) is 0.427. The fourth-order valence-electron chi connectivity index (χ4n) is 2.82. The molecule has 2 aliphatic rings. The summed E-state index contributed by atoms with van der Waals surface area (Å²) in [6.07, 6.45) is 0. The number of urea groups is 1. The Bertz CT molecular complexity index is 748. The number of hydrogen-bond donors (Lipinski definition) is 1. The van der Waals surface area contributed by atoms with E-state index in [0.717, 1.165) is 4.90 Å². The first-order chi connectivity index (χ1) is 10.3. The molecular weight excluding hydrogens is 316 g/mol. The lowest BCUT2D eigenvalue weighted by Crippen LogP contribution is -2.39. The molecule has 0 saturated carbocycles. The van der Waals surface area contributed by atoms with E-state index >= 15 is 0 Å². The molecule has 2 aliphatic heterocycles. The van der Waals surface area contributed by atoms with Crippen molar-refractivity contribution in [1.29, 1.82) is 0 Å². The fraction of sp³-hybridized carbons (Fsp3) is 0.333. The van der Waals surface area contributed by atoms with Crippen LogP contribution in [0.5, 0.6) is 0 Å². The van der Waals surface area contributed by atoms with E-state index in [4.69, 9.17) is 9.29 Å². The van der Waals surface area contributed by atoms with Crippen molar-refractivity contribution in [2.24, 2.45) is 0 Å². The van der Waals surface area contributed by atoms with Crippen molar-refractivity contribution in [1.82, 2.24) is 9.96 Å². The van der Waals surface area contributed by atoms with Gasteiger partial charge in [-0.05, 0) is 11.1 Å². The quantitative estimate of drug-likeness (QED) is 0.632. The Labute approximate surface area is 125 Å². The molecule has 2 atom stereocenters. The van der Waals surface area contributed by atoms with Gasteiger partial charge in [0.15, 0.2) is 6.04 Å². The Balaban J connectivity index is 2.10. The molecule has 0 aromatic heterocycles. The zero-order valence-electron chi connectivity index (χ0n) is 11.4. The average molecular weight is 328 g/mol. The summed E-state index contributed by atoms with van der Waals surface area (Å²) < 4.78 is 39.8. The summed E-state index contributed by atoms with van der Waals surface area (Å²) in [4.78, 5) is 25.5. The number of rotatable bonds is 3. The molecule has 0 radical (unpaired) electrons. The lowest BCUT2D eigenvalue weighted by molar-refractivity contribution is -0.146. The molecule has 1 saturated heterocycles. The van der Waals surface area contributed by atoms with Gasteiger partial charge in [-0.2, -0.15) is 13.5 Å². The number of carbonyl (C=O) groups is 2. The number of hydroxylamine groups is 2. The molecule has 1 unspecified atom stereocenters. The molecule has 22 heavy (non-hydrogen) atoms. The van der Waals surface area contributed by atoms with Crippen LogP contribution >= 0.6 is 0 Å². The third-order valence-electron chi connectivity index (χ3n) is 3.65. The summed E-state index contributed by atoms with van der Waals surface area (Å²) in [5.41, 5.74) is 1.09. The predicted molar refractivity (Wildman–Crippen MR) is 70.5 cm³/mol. The Kier molecular flexibility index (Phi) is 3.31. The SMILES string of the molecule is COC(=O)C1c2ccccc2[C@@H]2CN1C(=O)N2OS(=O)(=O)O. The summed E-state index contributed by atoms with van der Waals surface area (Å²) in [6.45, 7) is 0.0468. The standard InChI is InChI=1S/C12H12N2O7S/c1-20-11(15)10-8-5-3-2-4-7(8)9-6-13(10)12(16)14(9)21-22(17,18)19/h2-5,9-10H,6H2,1H3,(H,17,18,19)/t9-,10?/m0/s1. The second-order valence-corrected chi connectivity index (χ2v) is 5.84. The first kappa shape index (κ1) is 14.8. The first-order valence-electron chi connectivity index (χ1n) is 6.27. The molecule has 9 nitrogen and oxygen atoms in total. The van der Waals surface area contributed by atoms with Gasteiger partial charge in [0.25, 0.3) is 0 Å². The Morgan fingerprint density at radius 3 is 2.55 bits per heavy atom. The van der Waals surface area contributed by atoms with Crippen LogP contribution in [0.25, 0.3) is 0 Å². The van der Waals surface area contributed by atoms with Crippen molar-refractivity contribution in [2.75, 3.05) is 13.7 Å². The van der Waals surface area contributed by atoms with Crippen molar-refractivity contribution in [3.63, 3.8) is 0 Å². The van der Waals surface area contributed by atoms with Crippen LogP contribution in [-0.4, -0.2) is 48.6 Å². The largest absolute Gasteiger partial charge is 0.467 e. The van der Waals surface area contributed by atoms with Gasteiger partial charge < -0.3 is 9.64 Å². The van der Waals surface area contributed by atoms with Crippen molar-refractivity contribution < 1.29 is 31.6 Å². The summed E-state index contributed by atoms with van der Waals surface area (Å²) >= 11 is 0. The minimum Gasteiger partial charge on any atom is -0.467 e. The highest BCUT2D eigenvalue weighted by atomic mass is 32.3. The molecule has 118 valence electrons. The molecule has 2 heterocycles. The minimum absolute atomic E-state index is 0.0468. The van der Waals surface area contributed by atoms with E-state index in [0.29, 0.717) is 16.2 Å². The van der Waals surface area contributed by atoms with Gasteiger partial charge in [0.05, 0.1) is 13.7 Å². The van der Waals surface area contributed by atoms with E-state index in [1.54, 1.807) is 24.3 Å². The summed E-state index contributed by atoms with van der Waals surface area (Å²) in [6, 6.07) is 4.13. The number of amides is 2. The number of methoxy groups -OCH3 is 1. The molecule has 0 aliphatic carbocycles. The van der Waals surface area contributed by atoms with Gasteiger partial charge in [0.2, 0.25) is 0 Å². The lowest BCUT2D eigenvalue weighted by atomic mass is 9.91. The van der Waals surface area contributed by atoms with Crippen LogP contribution in [0.2, 0.25) is 0 Å². The number of nitrogens with zero attached hydrogens (tertiary/aromatic N) is 2. The van der Waals surface area contributed by atoms with Crippen LogP contribution in [0.4, 0.5) is 4.79 Å². The normalized spacial score (nSPS) is 23.5. The zero-order chi connectivity index (χ0) is 16.1. The molecule has 1 fully saturated rings. The molecule has 1 N–H and O–H groups in total. The third-order valence-corrected chi connectivity index (χ3v) is 4.00. The van der Waals surface area contributed by atoms with Crippen LogP contribution in [0.3, 0.4) is 0 Å². The second-order valence-electron chi connectivity index (χ2n) is 4.83. The third kappa shape index (κ3) is 2.21. The van der Waals surface area contributed by atoms with Crippen LogP contribution in [0, 0.1) is 0 Å². The molecule has 2 bridgehead atoms. The highest BCUT2D eigenvalue weighted by Crippen LogP contribution is 2.44. The monoisotopic (exact) mass is 328 g/mol. The van der Waals surface area contributed by atoms with Gasteiger partial charge in [-0.3, -0.25) is 4.55 Å². The highest BCUT2D eigenvalue weighted by molar-refractivity contribution is 7.80. The number of ether oxygens (including phenoxy) is 1.